The van der Waals surface area contributed by atoms with Gasteiger partial charge in [0.25, 0.3) is 0 Å². The number of likely N-dealkylation sites (N-methyl/N-ethyl adjacent to an activating group) is 1. The predicted octanol–water partition coefficient (Wildman–Crippen LogP) is -0.273. The Balaban J connectivity index is 2.48. The van der Waals surface area contributed by atoms with Gasteiger partial charge < -0.3 is 10.0 Å². The maximum Gasteiger partial charge on any atom is 0.308 e. The molecule has 2 atom stereocenters. The van der Waals surface area contributed by atoms with Crippen LogP contribution in [-0.4, -0.2) is 60.5 Å². The lowest BCUT2D eigenvalue weighted by Crippen LogP contribution is -2.35. The average molecular weight is 214 g/mol. The lowest BCUT2D eigenvalue weighted by molar-refractivity contribution is -0.142. The summed E-state index contributed by atoms with van der Waals surface area (Å²) in [5, 5.41) is 8.92. The number of rotatable bonds is 3. The Hall–Kier alpha value is -1.10. The van der Waals surface area contributed by atoms with Gasteiger partial charge in [-0.2, -0.15) is 0 Å². The van der Waals surface area contributed by atoms with Gasteiger partial charge in [-0.25, -0.2) is 0 Å². The number of carbonyl (C=O) groups is 2. The molecule has 0 radical (unpaired) electrons. The van der Waals surface area contributed by atoms with Crippen molar-refractivity contribution in [3.05, 3.63) is 0 Å². The molecule has 0 aromatic rings. The zero-order chi connectivity index (χ0) is 11.6. The number of carboxylic acids is 1. The first kappa shape index (κ1) is 12.0. The SMILES string of the molecule is CC1CN(CC(=O)N(C)C)CC1C(=O)O. The molecule has 1 fully saturated rings. The van der Waals surface area contributed by atoms with Gasteiger partial charge in [-0.1, -0.05) is 6.92 Å². The fourth-order valence-electron chi connectivity index (χ4n) is 1.85. The fourth-order valence-corrected chi connectivity index (χ4v) is 1.85. The van der Waals surface area contributed by atoms with Crippen LogP contribution in [0.2, 0.25) is 0 Å². The summed E-state index contributed by atoms with van der Waals surface area (Å²) < 4.78 is 0. The number of hydrogen-bond acceptors (Lipinski definition) is 3. The molecular formula is C10H18N2O3. The standard InChI is InChI=1S/C10H18N2O3/c1-7-4-12(5-8(7)10(14)15)6-9(13)11(2)3/h7-8H,4-6H2,1-3H3,(H,14,15). The van der Waals surface area contributed by atoms with Crippen molar-refractivity contribution in [3.63, 3.8) is 0 Å². The van der Waals surface area contributed by atoms with Crippen LogP contribution in [-0.2, 0) is 9.59 Å². The van der Waals surface area contributed by atoms with Crippen LogP contribution >= 0.6 is 0 Å². The monoisotopic (exact) mass is 214 g/mol. The minimum Gasteiger partial charge on any atom is -0.481 e. The van der Waals surface area contributed by atoms with E-state index >= 15 is 0 Å². The summed E-state index contributed by atoms with van der Waals surface area (Å²) in [5.41, 5.74) is 0. The number of nitrogens with zero attached hydrogens (tertiary/aromatic N) is 2. The summed E-state index contributed by atoms with van der Waals surface area (Å²) in [7, 11) is 3.41. The molecule has 0 aliphatic carbocycles. The highest BCUT2D eigenvalue weighted by atomic mass is 16.4. The molecular weight excluding hydrogens is 196 g/mol. The van der Waals surface area contributed by atoms with E-state index in [4.69, 9.17) is 5.11 Å². The Morgan fingerprint density at radius 2 is 2.00 bits per heavy atom. The van der Waals surface area contributed by atoms with E-state index in [2.05, 4.69) is 0 Å². The number of carboxylic acid groups (broad SMARTS) is 1. The highest BCUT2D eigenvalue weighted by molar-refractivity contribution is 5.78. The molecule has 5 heteroatoms. The quantitative estimate of drug-likeness (QED) is 0.702. The summed E-state index contributed by atoms with van der Waals surface area (Å²) in [6.07, 6.45) is 0. The predicted molar refractivity (Wildman–Crippen MR) is 55.4 cm³/mol. The van der Waals surface area contributed by atoms with Gasteiger partial charge in [0.05, 0.1) is 12.5 Å². The Morgan fingerprint density at radius 3 is 2.40 bits per heavy atom. The minimum absolute atomic E-state index is 0.0215. The number of hydrogen-bond donors (Lipinski definition) is 1. The molecule has 0 saturated carbocycles. The van der Waals surface area contributed by atoms with Crippen LogP contribution in [0.4, 0.5) is 0 Å². The lowest BCUT2D eigenvalue weighted by atomic mass is 9.99. The smallest absolute Gasteiger partial charge is 0.308 e. The van der Waals surface area contributed by atoms with E-state index in [-0.39, 0.29) is 17.7 Å². The van der Waals surface area contributed by atoms with Gasteiger partial charge in [0.2, 0.25) is 5.91 Å². The van der Waals surface area contributed by atoms with E-state index in [1.807, 2.05) is 11.8 Å². The topological polar surface area (TPSA) is 60.9 Å². The third-order valence-electron chi connectivity index (χ3n) is 2.86. The molecule has 1 amide bonds. The largest absolute Gasteiger partial charge is 0.481 e. The highest BCUT2D eigenvalue weighted by Gasteiger charge is 2.35. The summed E-state index contributed by atoms with van der Waals surface area (Å²) in [6, 6.07) is 0. The molecule has 1 saturated heterocycles. The van der Waals surface area contributed by atoms with Crippen LogP contribution in [0.3, 0.4) is 0 Å². The van der Waals surface area contributed by atoms with Gasteiger partial charge in [-0.05, 0) is 5.92 Å². The van der Waals surface area contributed by atoms with Gasteiger partial charge in [-0.15, -0.1) is 0 Å². The summed E-state index contributed by atoms with van der Waals surface area (Å²) >= 11 is 0. The Bertz CT molecular complexity index is 265. The second-order valence-corrected chi connectivity index (χ2v) is 4.40. The first-order chi connectivity index (χ1) is 6.91. The summed E-state index contributed by atoms with van der Waals surface area (Å²) in [4.78, 5) is 25.7. The van der Waals surface area contributed by atoms with E-state index in [9.17, 15) is 9.59 Å². The normalized spacial score (nSPS) is 26.6. The zero-order valence-electron chi connectivity index (χ0n) is 9.43. The second kappa shape index (κ2) is 4.61. The van der Waals surface area contributed by atoms with Gasteiger partial charge in [-0.3, -0.25) is 14.5 Å². The van der Waals surface area contributed by atoms with Crippen molar-refractivity contribution in [2.24, 2.45) is 11.8 Å². The Labute approximate surface area is 89.7 Å². The minimum atomic E-state index is -0.762. The van der Waals surface area contributed by atoms with Crippen molar-refractivity contribution >= 4 is 11.9 Å². The van der Waals surface area contributed by atoms with Crippen LogP contribution in [0.15, 0.2) is 0 Å². The molecule has 1 N–H and O–H groups in total. The van der Waals surface area contributed by atoms with Crippen molar-refractivity contribution in [3.8, 4) is 0 Å². The van der Waals surface area contributed by atoms with Crippen molar-refractivity contribution in [1.29, 1.82) is 0 Å². The number of amides is 1. The molecule has 0 aromatic carbocycles. The van der Waals surface area contributed by atoms with Crippen molar-refractivity contribution in [2.75, 3.05) is 33.7 Å². The zero-order valence-corrected chi connectivity index (χ0v) is 9.43. The van der Waals surface area contributed by atoms with Gasteiger partial charge >= 0.3 is 5.97 Å². The van der Waals surface area contributed by atoms with E-state index < -0.39 is 5.97 Å². The van der Waals surface area contributed by atoms with E-state index in [0.717, 1.165) is 0 Å². The van der Waals surface area contributed by atoms with Crippen molar-refractivity contribution in [1.82, 2.24) is 9.80 Å². The van der Waals surface area contributed by atoms with Gasteiger partial charge in [0, 0.05) is 27.2 Å². The lowest BCUT2D eigenvalue weighted by Gasteiger charge is -2.17. The van der Waals surface area contributed by atoms with Crippen LogP contribution in [0.5, 0.6) is 0 Å². The Kier molecular flexibility index (Phi) is 3.68. The molecule has 0 aromatic heterocycles. The number of carbonyl (C=O) groups excluding carboxylic acids is 1. The second-order valence-electron chi connectivity index (χ2n) is 4.40. The first-order valence-corrected chi connectivity index (χ1v) is 5.07. The molecule has 1 rings (SSSR count). The molecule has 0 bridgehead atoms. The highest BCUT2D eigenvalue weighted by Crippen LogP contribution is 2.22. The van der Waals surface area contributed by atoms with Crippen molar-refractivity contribution < 1.29 is 14.7 Å². The molecule has 2 unspecified atom stereocenters. The van der Waals surface area contributed by atoms with Crippen LogP contribution in [0, 0.1) is 11.8 Å². The fraction of sp³-hybridized carbons (Fsp3) is 0.800. The number of likely N-dealkylation sites (tertiary alicyclic amines) is 1. The third kappa shape index (κ3) is 2.92. The molecule has 0 spiro atoms. The average Bonchev–Trinajstić information content (AvgIpc) is 2.46. The van der Waals surface area contributed by atoms with Crippen molar-refractivity contribution in [2.45, 2.75) is 6.92 Å². The van der Waals surface area contributed by atoms with Crippen LogP contribution in [0.25, 0.3) is 0 Å². The summed E-state index contributed by atoms with van der Waals surface area (Å²) in [6.45, 7) is 3.41. The summed E-state index contributed by atoms with van der Waals surface area (Å²) in [5.74, 6) is -0.951. The molecule has 1 heterocycles. The maximum atomic E-state index is 11.4. The third-order valence-corrected chi connectivity index (χ3v) is 2.86. The van der Waals surface area contributed by atoms with E-state index in [1.165, 1.54) is 4.90 Å². The van der Waals surface area contributed by atoms with E-state index in [1.54, 1.807) is 14.1 Å². The van der Waals surface area contributed by atoms with Gasteiger partial charge in [0.1, 0.15) is 0 Å². The maximum absolute atomic E-state index is 11.4. The molecule has 86 valence electrons. The molecule has 5 nitrogen and oxygen atoms in total. The molecule has 1 aliphatic heterocycles. The molecule has 15 heavy (non-hydrogen) atoms. The number of aliphatic carboxylic acids is 1. The van der Waals surface area contributed by atoms with E-state index in [0.29, 0.717) is 19.6 Å². The van der Waals surface area contributed by atoms with Crippen LogP contribution < -0.4 is 0 Å². The Morgan fingerprint density at radius 1 is 1.40 bits per heavy atom. The molecule has 1 aliphatic rings. The van der Waals surface area contributed by atoms with Gasteiger partial charge in [0.15, 0.2) is 0 Å². The van der Waals surface area contributed by atoms with Crippen LogP contribution in [0.1, 0.15) is 6.92 Å². The first-order valence-electron chi connectivity index (χ1n) is 5.07.